The molecule has 0 radical (unpaired) electrons. The van der Waals surface area contributed by atoms with Gasteiger partial charge >= 0.3 is 0 Å². The van der Waals surface area contributed by atoms with Crippen LogP contribution in [0.25, 0.3) is 11.2 Å². The number of nitrogen functional groups attached to an aromatic ring is 1. The van der Waals surface area contributed by atoms with Gasteiger partial charge in [-0.2, -0.15) is 11.8 Å². The minimum absolute atomic E-state index is 0.260. The van der Waals surface area contributed by atoms with Gasteiger partial charge in [-0.3, -0.25) is 4.57 Å². The van der Waals surface area contributed by atoms with Gasteiger partial charge in [0.2, 0.25) is 0 Å². The Morgan fingerprint density at radius 1 is 1.26 bits per heavy atom. The molecule has 0 aromatic carbocycles. The fourth-order valence-corrected chi connectivity index (χ4v) is 3.58. The normalized spacial score (nSPS) is 27.8. The number of thioether (sulfide) groups is 1. The van der Waals surface area contributed by atoms with Gasteiger partial charge in [-0.25, -0.2) is 15.0 Å². The summed E-state index contributed by atoms with van der Waals surface area (Å²) in [7, 11) is 0. The Bertz CT molecular complexity index is 668. The predicted molar refractivity (Wildman–Crippen MR) is 86.7 cm³/mol. The van der Waals surface area contributed by atoms with Crippen LogP contribution in [-0.4, -0.2) is 66.1 Å². The number of hydrogen-bond donors (Lipinski definition) is 4. The fourth-order valence-electron chi connectivity index (χ4n) is 2.54. The Labute approximate surface area is 137 Å². The first-order valence-corrected chi connectivity index (χ1v) is 8.51. The maximum atomic E-state index is 10.3. The summed E-state index contributed by atoms with van der Waals surface area (Å²) < 4.78 is 7.40. The zero-order valence-corrected chi connectivity index (χ0v) is 13.3. The van der Waals surface area contributed by atoms with Crippen molar-refractivity contribution in [1.29, 1.82) is 0 Å². The molecule has 0 saturated carbocycles. The van der Waals surface area contributed by atoms with E-state index in [1.54, 1.807) is 16.3 Å². The molecule has 23 heavy (non-hydrogen) atoms. The van der Waals surface area contributed by atoms with Gasteiger partial charge in [0, 0.05) is 5.75 Å². The number of aliphatic hydroxyl groups is 2. The van der Waals surface area contributed by atoms with Gasteiger partial charge in [0.05, 0.1) is 12.4 Å². The predicted octanol–water partition coefficient (Wildman–Crippen LogP) is -0.890. The average molecular weight is 340 g/mol. The molecule has 0 bridgehead atoms. The molecule has 0 amide bonds. The standard InChI is InChI=1S/C13H20N6O3S/c14-2-1-3-23-4-7-9(20)10(21)13(22-7)19-6-18-8-11(15)16-5-17-12(8)19/h5-7,9-10,13,20-21H,1-4,14H2,(H2,15,16,17). The van der Waals surface area contributed by atoms with Crippen molar-refractivity contribution >= 4 is 28.7 Å². The minimum atomic E-state index is -1.07. The highest BCUT2D eigenvalue weighted by Gasteiger charge is 2.44. The number of fused-ring (bicyclic) bond motifs is 1. The number of nitrogens with two attached hydrogens (primary N) is 2. The van der Waals surface area contributed by atoms with E-state index < -0.39 is 24.5 Å². The van der Waals surface area contributed by atoms with Crippen LogP contribution in [0.3, 0.4) is 0 Å². The van der Waals surface area contributed by atoms with Crippen LogP contribution >= 0.6 is 11.8 Å². The quantitative estimate of drug-likeness (QED) is 0.492. The topological polar surface area (TPSA) is 145 Å². The summed E-state index contributed by atoms with van der Waals surface area (Å²) in [6, 6.07) is 0. The monoisotopic (exact) mass is 340 g/mol. The summed E-state index contributed by atoms with van der Waals surface area (Å²) in [6.45, 7) is 0.633. The van der Waals surface area contributed by atoms with Crippen LogP contribution in [0, 0.1) is 0 Å². The molecule has 6 N–H and O–H groups in total. The van der Waals surface area contributed by atoms with Crippen LogP contribution < -0.4 is 11.5 Å². The molecule has 9 nitrogen and oxygen atoms in total. The van der Waals surface area contributed by atoms with E-state index >= 15 is 0 Å². The third-order valence-electron chi connectivity index (χ3n) is 3.77. The molecule has 2 aromatic rings. The summed E-state index contributed by atoms with van der Waals surface area (Å²) in [5.41, 5.74) is 12.1. The Balaban J connectivity index is 1.76. The molecular weight excluding hydrogens is 320 g/mol. The second kappa shape index (κ2) is 6.97. The van der Waals surface area contributed by atoms with E-state index in [9.17, 15) is 10.2 Å². The highest BCUT2D eigenvalue weighted by molar-refractivity contribution is 7.99. The van der Waals surface area contributed by atoms with Crippen LogP contribution in [0.15, 0.2) is 12.7 Å². The van der Waals surface area contributed by atoms with Gasteiger partial charge in [0.15, 0.2) is 17.7 Å². The highest BCUT2D eigenvalue weighted by atomic mass is 32.2. The first-order valence-electron chi connectivity index (χ1n) is 7.36. The molecule has 4 atom stereocenters. The van der Waals surface area contributed by atoms with Crippen molar-refractivity contribution in [3.8, 4) is 0 Å². The first-order chi connectivity index (χ1) is 11.1. The van der Waals surface area contributed by atoms with Crippen molar-refractivity contribution in [3.63, 3.8) is 0 Å². The highest BCUT2D eigenvalue weighted by Crippen LogP contribution is 2.33. The summed E-state index contributed by atoms with van der Waals surface area (Å²) in [6.07, 6.45) is 0.458. The van der Waals surface area contributed by atoms with E-state index in [0.717, 1.165) is 12.2 Å². The van der Waals surface area contributed by atoms with Crippen molar-refractivity contribution in [2.75, 3.05) is 23.8 Å². The maximum absolute atomic E-state index is 10.3. The summed E-state index contributed by atoms with van der Waals surface area (Å²) in [5, 5.41) is 20.5. The molecular formula is C13H20N6O3S. The van der Waals surface area contributed by atoms with Gasteiger partial charge in [0.25, 0.3) is 0 Å². The van der Waals surface area contributed by atoms with Crippen molar-refractivity contribution < 1.29 is 14.9 Å². The number of nitrogens with zero attached hydrogens (tertiary/aromatic N) is 4. The van der Waals surface area contributed by atoms with E-state index in [4.69, 9.17) is 16.2 Å². The number of anilines is 1. The summed E-state index contributed by atoms with van der Waals surface area (Å²) in [4.78, 5) is 12.2. The molecule has 1 saturated heterocycles. The first kappa shape index (κ1) is 16.4. The smallest absolute Gasteiger partial charge is 0.167 e. The molecule has 2 aromatic heterocycles. The Morgan fingerprint density at radius 2 is 2.09 bits per heavy atom. The summed E-state index contributed by atoms with van der Waals surface area (Å²) in [5.74, 6) is 1.73. The third-order valence-corrected chi connectivity index (χ3v) is 4.91. The molecule has 3 heterocycles. The largest absolute Gasteiger partial charge is 0.387 e. The molecule has 1 fully saturated rings. The third kappa shape index (κ3) is 3.12. The second-order valence-corrected chi connectivity index (χ2v) is 6.50. The van der Waals surface area contributed by atoms with Crippen LogP contribution in [-0.2, 0) is 4.74 Å². The maximum Gasteiger partial charge on any atom is 0.167 e. The SMILES string of the molecule is NCCCSCC1OC(n2cnc3c(N)ncnc32)C(O)C1O. The zero-order chi connectivity index (χ0) is 16.4. The minimum Gasteiger partial charge on any atom is -0.387 e. The lowest BCUT2D eigenvalue weighted by molar-refractivity contribution is -0.0289. The van der Waals surface area contributed by atoms with Gasteiger partial charge in [-0.15, -0.1) is 0 Å². The number of rotatable bonds is 6. The van der Waals surface area contributed by atoms with Crippen LogP contribution in [0.4, 0.5) is 5.82 Å². The number of aliphatic hydroxyl groups excluding tert-OH is 2. The lowest BCUT2D eigenvalue weighted by Gasteiger charge is -2.16. The molecule has 1 aliphatic rings. The van der Waals surface area contributed by atoms with Gasteiger partial charge < -0.3 is 26.4 Å². The zero-order valence-electron chi connectivity index (χ0n) is 12.4. The van der Waals surface area contributed by atoms with Crippen molar-refractivity contribution in [1.82, 2.24) is 19.5 Å². The van der Waals surface area contributed by atoms with E-state index in [-0.39, 0.29) is 5.82 Å². The van der Waals surface area contributed by atoms with E-state index in [0.29, 0.717) is 23.5 Å². The van der Waals surface area contributed by atoms with Gasteiger partial charge in [-0.1, -0.05) is 0 Å². The van der Waals surface area contributed by atoms with E-state index in [1.165, 1.54) is 12.7 Å². The number of ether oxygens (including phenoxy) is 1. The number of hydrogen-bond acceptors (Lipinski definition) is 9. The van der Waals surface area contributed by atoms with Crippen LogP contribution in [0.1, 0.15) is 12.6 Å². The molecule has 0 aliphatic carbocycles. The molecule has 0 spiro atoms. The lowest BCUT2D eigenvalue weighted by atomic mass is 10.1. The molecule has 10 heteroatoms. The number of aromatic nitrogens is 4. The molecule has 3 rings (SSSR count). The Kier molecular flexibility index (Phi) is 4.97. The van der Waals surface area contributed by atoms with Gasteiger partial charge in [0.1, 0.15) is 24.1 Å². The second-order valence-electron chi connectivity index (χ2n) is 5.35. The molecule has 4 unspecified atom stereocenters. The average Bonchev–Trinajstić information content (AvgIpc) is 3.09. The molecule has 126 valence electrons. The van der Waals surface area contributed by atoms with Gasteiger partial charge in [-0.05, 0) is 18.7 Å². The van der Waals surface area contributed by atoms with E-state index in [2.05, 4.69) is 15.0 Å². The lowest BCUT2D eigenvalue weighted by Crippen LogP contribution is -2.32. The fraction of sp³-hybridized carbons (Fsp3) is 0.615. The van der Waals surface area contributed by atoms with Crippen molar-refractivity contribution in [2.45, 2.75) is 31.0 Å². The Hall–Kier alpha value is -1.46. The van der Waals surface area contributed by atoms with Crippen LogP contribution in [0.2, 0.25) is 0 Å². The summed E-state index contributed by atoms with van der Waals surface area (Å²) >= 11 is 1.64. The van der Waals surface area contributed by atoms with E-state index in [1.807, 2.05) is 0 Å². The molecule has 1 aliphatic heterocycles. The Morgan fingerprint density at radius 3 is 2.87 bits per heavy atom. The van der Waals surface area contributed by atoms with Crippen molar-refractivity contribution in [3.05, 3.63) is 12.7 Å². The number of imidazole rings is 1. The van der Waals surface area contributed by atoms with Crippen molar-refractivity contribution in [2.24, 2.45) is 5.73 Å². The van der Waals surface area contributed by atoms with Crippen LogP contribution in [0.5, 0.6) is 0 Å².